The molecule has 0 aliphatic carbocycles. The number of aryl methyl sites for hydroxylation is 1. The fourth-order valence-corrected chi connectivity index (χ4v) is 3.11. The van der Waals surface area contributed by atoms with Crippen LogP contribution in [0.15, 0.2) is 85.1 Å². The van der Waals surface area contributed by atoms with E-state index in [9.17, 15) is 4.39 Å². The van der Waals surface area contributed by atoms with E-state index in [2.05, 4.69) is 13.1 Å². The molecule has 28 heavy (non-hydrogen) atoms. The highest BCUT2D eigenvalue weighted by Gasteiger charge is 2.11. The van der Waals surface area contributed by atoms with Crippen molar-refractivity contribution in [1.82, 2.24) is 9.78 Å². The van der Waals surface area contributed by atoms with Crippen molar-refractivity contribution in [2.75, 3.05) is 0 Å². The van der Waals surface area contributed by atoms with Crippen LogP contribution < -0.4 is 4.74 Å². The number of hydrogen-bond donors (Lipinski definition) is 0. The van der Waals surface area contributed by atoms with Gasteiger partial charge in [-0.05, 0) is 54.4 Å². The number of nitrogens with zero attached hydrogens (tertiary/aromatic N) is 2. The fourth-order valence-electron chi connectivity index (χ4n) is 3.11. The molecule has 0 aliphatic rings. The Labute approximate surface area is 164 Å². The molecule has 0 radical (unpaired) electrons. The Hall–Kier alpha value is -3.40. The van der Waals surface area contributed by atoms with E-state index >= 15 is 0 Å². The van der Waals surface area contributed by atoms with E-state index in [1.54, 1.807) is 18.2 Å². The summed E-state index contributed by atoms with van der Waals surface area (Å²) in [5.74, 6) is 0.450. The van der Waals surface area contributed by atoms with Crippen LogP contribution in [0.5, 0.6) is 5.75 Å². The lowest BCUT2D eigenvalue weighted by atomic mass is 10.1. The summed E-state index contributed by atoms with van der Waals surface area (Å²) < 4.78 is 21.4. The summed E-state index contributed by atoms with van der Waals surface area (Å²) in [6, 6.07) is 24.5. The Kier molecular flexibility index (Phi) is 5.20. The Morgan fingerprint density at radius 1 is 0.857 bits per heavy atom. The second kappa shape index (κ2) is 8.09. The summed E-state index contributed by atoms with van der Waals surface area (Å²) in [5, 5.41) is 4.78. The zero-order valence-electron chi connectivity index (χ0n) is 15.7. The van der Waals surface area contributed by atoms with Crippen molar-refractivity contribution in [3.05, 3.63) is 102 Å². The highest BCUT2D eigenvalue weighted by molar-refractivity contribution is 5.64. The summed E-state index contributed by atoms with van der Waals surface area (Å²) in [4.78, 5) is 0. The minimum Gasteiger partial charge on any atom is -0.489 e. The molecule has 3 aromatic carbocycles. The molecule has 0 spiro atoms. The number of aromatic nitrogens is 2. The van der Waals surface area contributed by atoms with Crippen LogP contribution >= 0.6 is 0 Å². The number of hydrogen-bond acceptors (Lipinski definition) is 2. The van der Waals surface area contributed by atoms with Gasteiger partial charge >= 0.3 is 0 Å². The van der Waals surface area contributed by atoms with Crippen molar-refractivity contribution >= 4 is 0 Å². The first-order valence-electron chi connectivity index (χ1n) is 9.35. The third-order valence-corrected chi connectivity index (χ3v) is 4.67. The molecule has 1 aromatic heterocycles. The van der Waals surface area contributed by atoms with E-state index in [1.807, 2.05) is 59.3 Å². The first-order chi connectivity index (χ1) is 13.7. The maximum Gasteiger partial charge on any atom is 0.129 e. The van der Waals surface area contributed by atoms with Crippen LogP contribution in [0.2, 0.25) is 0 Å². The molecule has 4 aromatic rings. The van der Waals surface area contributed by atoms with Crippen molar-refractivity contribution < 1.29 is 9.13 Å². The van der Waals surface area contributed by atoms with Crippen LogP contribution in [0, 0.1) is 5.82 Å². The predicted molar refractivity (Wildman–Crippen MR) is 109 cm³/mol. The zero-order valence-corrected chi connectivity index (χ0v) is 15.7. The van der Waals surface area contributed by atoms with Crippen molar-refractivity contribution in [3.63, 3.8) is 0 Å². The van der Waals surface area contributed by atoms with Gasteiger partial charge in [0.2, 0.25) is 0 Å². The molecule has 3 nitrogen and oxygen atoms in total. The normalized spacial score (nSPS) is 10.8. The van der Waals surface area contributed by atoms with Gasteiger partial charge in [0.05, 0.1) is 11.4 Å². The van der Waals surface area contributed by atoms with E-state index in [4.69, 9.17) is 9.84 Å². The summed E-state index contributed by atoms with van der Waals surface area (Å²) in [6.07, 6.45) is 2.97. The molecule has 0 bridgehead atoms. The average molecular weight is 372 g/mol. The van der Waals surface area contributed by atoms with E-state index < -0.39 is 0 Å². The highest BCUT2D eigenvalue weighted by Crippen LogP contribution is 2.26. The SMILES string of the molecule is CCc1cn(-c2ccccc2)nc1-c1ccc(OCc2ccccc2F)cc1. The van der Waals surface area contributed by atoms with E-state index in [0.717, 1.165) is 23.4 Å². The molecular formula is C24H21FN2O. The van der Waals surface area contributed by atoms with Gasteiger partial charge in [-0.15, -0.1) is 0 Å². The van der Waals surface area contributed by atoms with Crippen LogP contribution in [0.25, 0.3) is 16.9 Å². The van der Waals surface area contributed by atoms with Crippen molar-refractivity contribution in [3.8, 4) is 22.7 Å². The van der Waals surface area contributed by atoms with Crippen LogP contribution in [0.3, 0.4) is 0 Å². The number of rotatable bonds is 6. The highest BCUT2D eigenvalue weighted by atomic mass is 19.1. The summed E-state index contributed by atoms with van der Waals surface area (Å²) in [5.41, 5.74) is 4.76. The van der Waals surface area contributed by atoms with Gasteiger partial charge in [0, 0.05) is 17.3 Å². The second-order valence-corrected chi connectivity index (χ2v) is 6.54. The van der Waals surface area contributed by atoms with Crippen LogP contribution in [0.1, 0.15) is 18.1 Å². The number of halogens is 1. The topological polar surface area (TPSA) is 27.1 Å². The van der Waals surface area contributed by atoms with Gasteiger partial charge in [-0.25, -0.2) is 9.07 Å². The standard InChI is InChI=1S/C24H21FN2O/c1-2-18-16-27(21-9-4-3-5-10-21)26-24(18)19-12-14-22(15-13-19)28-17-20-8-6-7-11-23(20)25/h3-16H,2,17H2,1H3. The molecule has 0 unspecified atom stereocenters. The zero-order chi connectivity index (χ0) is 19.3. The Morgan fingerprint density at radius 3 is 2.29 bits per heavy atom. The third kappa shape index (κ3) is 3.81. The quantitative estimate of drug-likeness (QED) is 0.426. The Bertz CT molecular complexity index is 1060. The largest absolute Gasteiger partial charge is 0.489 e. The monoisotopic (exact) mass is 372 g/mol. The average Bonchev–Trinajstić information content (AvgIpc) is 3.19. The van der Waals surface area contributed by atoms with E-state index in [-0.39, 0.29) is 12.4 Å². The molecule has 0 aliphatic heterocycles. The maximum atomic E-state index is 13.7. The maximum absolute atomic E-state index is 13.7. The van der Waals surface area contributed by atoms with Crippen molar-refractivity contribution in [1.29, 1.82) is 0 Å². The first kappa shape index (κ1) is 18.0. The number of para-hydroxylation sites is 1. The lowest BCUT2D eigenvalue weighted by molar-refractivity contribution is 0.300. The number of benzene rings is 3. The van der Waals surface area contributed by atoms with Crippen LogP contribution in [0.4, 0.5) is 4.39 Å². The minimum atomic E-state index is -0.252. The molecule has 1 heterocycles. The van der Waals surface area contributed by atoms with Gasteiger partial charge in [-0.1, -0.05) is 43.3 Å². The minimum absolute atomic E-state index is 0.203. The predicted octanol–water partition coefficient (Wildman–Crippen LogP) is 5.82. The lowest BCUT2D eigenvalue weighted by Crippen LogP contribution is -1.98. The number of ether oxygens (including phenoxy) is 1. The molecule has 0 saturated heterocycles. The molecule has 0 N–H and O–H groups in total. The molecule has 0 atom stereocenters. The van der Waals surface area contributed by atoms with Gasteiger partial charge in [-0.2, -0.15) is 5.10 Å². The molecule has 4 heteroatoms. The fraction of sp³-hybridized carbons (Fsp3) is 0.125. The smallest absolute Gasteiger partial charge is 0.129 e. The summed E-state index contributed by atoms with van der Waals surface area (Å²) in [7, 11) is 0. The van der Waals surface area contributed by atoms with Gasteiger partial charge in [0.15, 0.2) is 0 Å². The van der Waals surface area contributed by atoms with E-state index in [0.29, 0.717) is 11.3 Å². The molecular weight excluding hydrogens is 351 g/mol. The van der Waals surface area contributed by atoms with Gasteiger partial charge in [0.25, 0.3) is 0 Å². The second-order valence-electron chi connectivity index (χ2n) is 6.54. The van der Waals surface area contributed by atoms with Crippen LogP contribution in [-0.4, -0.2) is 9.78 Å². The summed E-state index contributed by atoms with van der Waals surface area (Å²) in [6.45, 7) is 2.33. The van der Waals surface area contributed by atoms with E-state index in [1.165, 1.54) is 11.6 Å². The van der Waals surface area contributed by atoms with Gasteiger partial charge < -0.3 is 4.74 Å². The lowest BCUT2D eigenvalue weighted by Gasteiger charge is -2.08. The van der Waals surface area contributed by atoms with Gasteiger partial charge in [-0.3, -0.25) is 0 Å². The molecule has 140 valence electrons. The molecule has 0 amide bonds. The molecule has 0 fully saturated rings. The van der Waals surface area contributed by atoms with Crippen molar-refractivity contribution in [2.24, 2.45) is 0 Å². The van der Waals surface area contributed by atoms with Crippen LogP contribution in [-0.2, 0) is 13.0 Å². The first-order valence-corrected chi connectivity index (χ1v) is 9.35. The Morgan fingerprint density at radius 2 is 1.57 bits per heavy atom. The van der Waals surface area contributed by atoms with Gasteiger partial charge in [0.1, 0.15) is 18.2 Å². The molecule has 0 saturated carbocycles. The Balaban J connectivity index is 1.54. The molecule has 4 rings (SSSR count). The van der Waals surface area contributed by atoms with Crippen molar-refractivity contribution in [2.45, 2.75) is 20.0 Å². The third-order valence-electron chi connectivity index (χ3n) is 4.67. The summed E-state index contributed by atoms with van der Waals surface area (Å²) >= 11 is 0.